The highest BCUT2D eigenvalue weighted by atomic mass is 127. The fraction of sp³-hybridized carbons (Fsp3) is 0.167. The van der Waals surface area contributed by atoms with Gasteiger partial charge in [-0.05, 0) is 65.4 Å². The zero-order valence-electron chi connectivity index (χ0n) is 19.4. The van der Waals surface area contributed by atoms with E-state index in [9.17, 15) is 28.7 Å². The molecule has 0 aliphatic rings. The van der Waals surface area contributed by atoms with Gasteiger partial charge in [-0.15, -0.1) is 0 Å². The first-order valence-electron chi connectivity index (χ1n) is 10.6. The summed E-state index contributed by atoms with van der Waals surface area (Å²) in [6.45, 7) is 1.47. The zero-order valence-corrected chi connectivity index (χ0v) is 21.5. The maximum atomic E-state index is 14.7. The van der Waals surface area contributed by atoms with Crippen LogP contribution in [0.2, 0.25) is 0 Å². The smallest absolute Gasteiger partial charge is 0.335 e. The molecule has 0 unspecified atom stereocenters. The molecule has 0 radical (unpaired) electrons. The lowest BCUT2D eigenvalue weighted by Crippen LogP contribution is -2.40. The Morgan fingerprint density at radius 3 is 2.42 bits per heavy atom. The van der Waals surface area contributed by atoms with Gasteiger partial charge < -0.3 is 16.2 Å². The Balaban J connectivity index is 2.13. The van der Waals surface area contributed by atoms with Crippen molar-refractivity contribution in [2.75, 3.05) is 5.32 Å². The molecule has 1 amide bonds. The minimum Gasteiger partial charge on any atom is -0.378 e. The number of hydrogen-bond acceptors (Lipinski definition) is 6. The summed E-state index contributed by atoms with van der Waals surface area (Å²) in [5, 5.41) is 12.9. The van der Waals surface area contributed by atoms with Gasteiger partial charge in [0.25, 0.3) is 17.0 Å². The van der Waals surface area contributed by atoms with Gasteiger partial charge in [0.15, 0.2) is 6.10 Å². The summed E-state index contributed by atoms with van der Waals surface area (Å²) >= 11 is 1.96. The third-order valence-corrected chi connectivity index (χ3v) is 6.58. The van der Waals surface area contributed by atoms with E-state index in [0.717, 1.165) is 9.13 Å². The quantitative estimate of drug-likeness (QED) is 0.296. The predicted molar refractivity (Wildman–Crippen MR) is 141 cm³/mol. The molecule has 12 heteroatoms. The molecule has 0 spiro atoms. The van der Waals surface area contributed by atoms with Crippen LogP contribution >= 0.6 is 22.6 Å². The third kappa shape index (κ3) is 4.11. The van der Waals surface area contributed by atoms with Crippen molar-refractivity contribution in [1.82, 2.24) is 13.7 Å². The number of benzene rings is 2. The molecule has 4 rings (SSSR count). The zero-order chi connectivity index (χ0) is 26.5. The highest BCUT2D eigenvalue weighted by Crippen LogP contribution is 2.27. The first-order valence-corrected chi connectivity index (χ1v) is 11.7. The van der Waals surface area contributed by atoms with E-state index >= 15 is 0 Å². The van der Waals surface area contributed by atoms with Crippen LogP contribution < -0.4 is 27.9 Å². The molecule has 4 aromatic rings. The van der Waals surface area contributed by atoms with Crippen molar-refractivity contribution in [3.8, 4) is 5.69 Å². The summed E-state index contributed by atoms with van der Waals surface area (Å²) in [6.07, 6.45) is -1.63. The average molecular weight is 605 g/mol. The molecule has 4 N–H and O–H groups in total. The SMILES string of the molecule is Cc1c(=O)n(C)c(Nc2ccc(I)cc2F)c2c(=O)n(C)c(=O)n(-c3cccc([C@@H](O)C(N)=O)c3)c12. The monoisotopic (exact) mass is 605 g/mol. The van der Waals surface area contributed by atoms with E-state index in [1.807, 2.05) is 22.6 Å². The molecule has 10 nitrogen and oxygen atoms in total. The van der Waals surface area contributed by atoms with Gasteiger partial charge in [-0.1, -0.05) is 12.1 Å². The molecule has 2 aromatic heterocycles. The van der Waals surface area contributed by atoms with Crippen molar-refractivity contribution in [3.05, 3.63) is 94.2 Å². The van der Waals surface area contributed by atoms with Crippen molar-refractivity contribution >= 4 is 50.9 Å². The summed E-state index contributed by atoms with van der Waals surface area (Å²) in [4.78, 5) is 51.4. The summed E-state index contributed by atoms with van der Waals surface area (Å²) in [7, 11) is 2.71. The molecule has 1 atom stereocenters. The first-order chi connectivity index (χ1) is 16.9. The highest BCUT2D eigenvalue weighted by molar-refractivity contribution is 14.1. The second-order valence-corrected chi connectivity index (χ2v) is 9.44. The predicted octanol–water partition coefficient (Wildman–Crippen LogP) is 1.70. The van der Waals surface area contributed by atoms with Crippen molar-refractivity contribution in [3.63, 3.8) is 0 Å². The summed E-state index contributed by atoms with van der Waals surface area (Å²) < 4.78 is 18.5. The second-order valence-electron chi connectivity index (χ2n) is 8.19. The van der Waals surface area contributed by atoms with Gasteiger partial charge in [0.05, 0.1) is 16.9 Å². The lowest BCUT2D eigenvalue weighted by atomic mass is 10.1. The number of nitrogens with one attached hydrogen (secondary N) is 1. The number of hydrogen-bond donors (Lipinski definition) is 3. The van der Waals surface area contributed by atoms with Crippen molar-refractivity contribution in [1.29, 1.82) is 0 Å². The van der Waals surface area contributed by atoms with Crippen LogP contribution in [-0.4, -0.2) is 24.7 Å². The van der Waals surface area contributed by atoms with Crippen LogP contribution in [0.4, 0.5) is 15.9 Å². The van der Waals surface area contributed by atoms with E-state index in [1.54, 1.807) is 6.07 Å². The van der Waals surface area contributed by atoms with E-state index in [-0.39, 0.29) is 39.2 Å². The average Bonchev–Trinajstić information content (AvgIpc) is 2.84. The number of carbonyl (C=O) groups excluding carboxylic acids is 1. The molecule has 0 fully saturated rings. The molecule has 0 bridgehead atoms. The molecule has 0 saturated heterocycles. The number of nitrogens with two attached hydrogens (primary N) is 1. The number of aliphatic hydroxyl groups excluding tert-OH is 1. The van der Waals surface area contributed by atoms with Gasteiger partial charge in [-0.2, -0.15) is 0 Å². The number of pyridine rings is 1. The van der Waals surface area contributed by atoms with Crippen LogP contribution in [0.1, 0.15) is 17.2 Å². The van der Waals surface area contributed by atoms with Crippen LogP contribution in [-0.2, 0) is 18.9 Å². The van der Waals surface area contributed by atoms with Crippen LogP contribution in [0.3, 0.4) is 0 Å². The molecule has 0 aliphatic heterocycles. The molecule has 2 heterocycles. The standard InChI is InChI=1S/C24H21FIN5O5/c1-11-18-17(21(29(2)22(11)34)28-16-8-7-13(26)10-15(16)25)23(35)30(3)24(36)31(18)14-6-4-5-12(9-14)19(32)20(27)33/h4-10,19,28,32H,1-3H3,(H2,27,33)/t19-/m1/s1. The number of rotatable bonds is 5. The van der Waals surface area contributed by atoms with Gasteiger partial charge in [0.1, 0.15) is 17.0 Å². The van der Waals surface area contributed by atoms with E-state index in [4.69, 9.17) is 5.73 Å². The second kappa shape index (κ2) is 9.35. The van der Waals surface area contributed by atoms with E-state index in [2.05, 4.69) is 5.32 Å². The minimum atomic E-state index is -1.63. The number of anilines is 2. The van der Waals surface area contributed by atoms with Gasteiger partial charge in [0, 0.05) is 23.2 Å². The maximum Gasteiger partial charge on any atom is 0.335 e. The number of aliphatic hydroxyl groups is 1. The van der Waals surface area contributed by atoms with E-state index in [0.29, 0.717) is 3.57 Å². The van der Waals surface area contributed by atoms with Crippen LogP contribution in [0.25, 0.3) is 16.6 Å². The van der Waals surface area contributed by atoms with Crippen LogP contribution in [0.15, 0.2) is 56.8 Å². The van der Waals surface area contributed by atoms with E-state index in [1.165, 1.54) is 62.0 Å². The number of halogens is 2. The van der Waals surface area contributed by atoms with Crippen molar-refractivity contribution in [2.24, 2.45) is 19.8 Å². The number of aromatic nitrogens is 3. The number of amides is 1. The molecule has 0 saturated carbocycles. The fourth-order valence-electron chi connectivity index (χ4n) is 4.01. The number of aryl methyl sites for hydroxylation is 1. The molecular formula is C24H21FIN5O5. The van der Waals surface area contributed by atoms with Gasteiger partial charge >= 0.3 is 5.69 Å². The highest BCUT2D eigenvalue weighted by Gasteiger charge is 2.23. The normalized spacial score (nSPS) is 12.1. The Labute approximate surface area is 216 Å². The summed E-state index contributed by atoms with van der Waals surface area (Å²) in [6, 6.07) is 10.3. The molecule has 186 valence electrons. The van der Waals surface area contributed by atoms with E-state index < -0.39 is 34.6 Å². The molecule has 2 aromatic carbocycles. The first kappa shape index (κ1) is 25.3. The number of primary amides is 1. The lowest BCUT2D eigenvalue weighted by molar-refractivity contribution is -0.126. The minimum absolute atomic E-state index is 0.00494. The van der Waals surface area contributed by atoms with Crippen LogP contribution in [0, 0.1) is 16.3 Å². The topological polar surface area (TPSA) is 141 Å². The number of carbonyl (C=O) groups is 1. The fourth-order valence-corrected chi connectivity index (χ4v) is 4.46. The lowest BCUT2D eigenvalue weighted by Gasteiger charge is -2.20. The Kier molecular flexibility index (Phi) is 6.58. The Hall–Kier alpha value is -3.78. The largest absolute Gasteiger partial charge is 0.378 e. The van der Waals surface area contributed by atoms with Gasteiger partial charge in [-0.25, -0.2) is 9.18 Å². The molecule has 0 aliphatic carbocycles. The number of fused-ring (bicyclic) bond motifs is 1. The van der Waals surface area contributed by atoms with Crippen molar-refractivity contribution in [2.45, 2.75) is 13.0 Å². The third-order valence-electron chi connectivity index (χ3n) is 5.91. The Morgan fingerprint density at radius 2 is 1.78 bits per heavy atom. The number of nitrogens with zero attached hydrogens (tertiary/aromatic N) is 3. The van der Waals surface area contributed by atoms with Gasteiger partial charge in [0.2, 0.25) is 0 Å². The molecular weight excluding hydrogens is 584 g/mol. The summed E-state index contributed by atoms with van der Waals surface area (Å²) in [5.74, 6) is -1.59. The van der Waals surface area contributed by atoms with Gasteiger partial charge in [-0.3, -0.25) is 28.1 Å². The Morgan fingerprint density at radius 1 is 1.08 bits per heavy atom. The van der Waals surface area contributed by atoms with Crippen molar-refractivity contribution < 1.29 is 14.3 Å². The van der Waals surface area contributed by atoms with Crippen LogP contribution in [0.5, 0.6) is 0 Å². The Bertz CT molecular complexity index is 1740. The molecule has 36 heavy (non-hydrogen) atoms. The maximum absolute atomic E-state index is 14.7. The summed E-state index contributed by atoms with van der Waals surface area (Å²) in [5.41, 5.74) is 3.65.